The van der Waals surface area contributed by atoms with Crippen molar-refractivity contribution in [3.05, 3.63) is 46.1 Å². The van der Waals surface area contributed by atoms with Crippen molar-refractivity contribution in [2.24, 2.45) is 0 Å². The summed E-state index contributed by atoms with van der Waals surface area (Å²) in [7, 11) is 0. The van der Waals surface area contributed by atoms with Crippen molar-refractivity contribution in [3.8, 4) is 0 Å². The first-order chi connectivity index (χ1) is 11.2. The van der Waals surface area contributed by atoms with Gasteiger partial charge in [-0.05, 0) is 44.7 Å². The van der Waals surface area contributed by atoms with Crippen molar-refractivity contribution in [2.75, 3.05) is 11.4 Å². The smallest absolute Gasteiger partial charge is 0.266 e. The number of nitrogens with zero attached hydrogens (tertiary/aromatic N) is 5. The van der Waals surface area contributed by atoms with Crippen LogP contribution in [0.15, 0.2) is 29.2 Å². The summed E-state index contributed by atoms with van der Waals surface area (Å²) in [6.07, 6.45) is 6.32. The quantitative estimate of drug-likeness (QED) is 0.863. The Balaban J connectivity index is 1.58. The Morgan fingerprint density at radius 2 is 2.09 bits per heavy atom. The van der Waals surface area contributed by atoms with Crippen molar-refractivity contribution >= 4 is 5.95 Å². The summed E-state index contributed by atoms with van der Waals surface area (Å²) < 4.78 is 1.63. The van der Waals surface area contributed by atoms with Crippen molar-refractivity contribution in [1.29, 1.82) is 0 Å². The van der Waals surface area contributed by atoms with Crippen molar-refractivity contribution in [1.82, 2.24) is 19.7 Å². The molecule has 0 radical (unpaired) electrons. The number of hydrogen-bond acceptors (Lipinski definition) is 5. The van der Waals surface area contributed by atoms with E-state index in [1.54, 1.807) is 16.9 Å². The summed E-state index contributed by atoms with van der Waals surface area (Å²) in [5, 5.41) is 4.58. The zero-order valence-electron chi connectivity index (χ0n) is 13.4. The van der Waals surface area contributed by atoms with E-state index in [1.165, 1.54) is 12.8 Å². The van der Waals surface area contributed by atoms with Crippen LogP contribution in [-0.4, -0.2) is 32.3 Å². The highest BCUT2D eigenvalue weighted by Crippen LogP contribution is 2.38. The number of aromatic nitrogens is 4. The van der Waals surface area contributed by atoms with Crippen LogP contribution < -0.4 is 10.5 Å². The molecule has 1 saturated carbocycles. The lowest BCUT2D eigenvalue weighted by Crippen LogP contribution is -2.38. The largest absolute Gasteiger partial charge is 0.336 e. The van der Waals surface area contributed by atoms with Gasteiger partial charge in [-0.2, -0.15) is 5.10 Å². The fraction of sp³-hybridized carbons (Fsp3) is 0.529. The molecule has 2 aromatic heterocycles. The van der Waals surface area contributed by atoms with E-state index < -0.39 is 0 Å². The van der Waals surface area contributed by atoms with E-state index in [1.807, 2.05) is 19.1 Å². The lowest BCUT2D eigenvalue weighted by atomic mass is 10.2. The minimum atomic E-state index is -0.0218. The third kappa shape index (κ3) is 2.98. The third-order valence-corrected chi connectivity index (χ3v) is 4.68. The summed E-state index contributed by atoms with van der Waals surface area (Å²) in [5.41, 5.74) is 2.00. The minimum Gasteiger partial charge on any atom is -0.336 e. The summed E-state index contributed by atoms with van der Waals surface area (Å²) >= 11 is 0. The Hall–Kier alpha value is -2.24. The molecule has 23 heavy (non-hydrogen) atoms. The van der Waals surface area contributed by atoms with Gasteiger partial charge >= 0.3 is 0 Å². The number of rotatable bonds is 4. The molecule has 0 spiro atoms. The van der Waals surface area contributed by atoms with E-state index in [9.17, 15) is 4.79 Å². The Bertz CT molecular complexity index is 768. The Morgan fingerprint density at radius 3 is 2.87 bits per heavy atom. The van der Waals surface area contributed by atoms with Gasteiger partial charge in [0.25, 0.3) is 5.56 Å². The molecule has 3 heterocycles. The van der Waals surface area contributed by atoms with E-state index in [0.29, 0.717) is 12.5 Å². The summed E-state index contributed by atoms with van der Waals surface area (Å²) in [6.45, 7) is 3.52. The Morgan fingerprint density at radius 1 is 1.22 bits per heavy atom. The summed E-state index contributed by atoms with van der Waals surface area (Å²) in [4.78, 5) is 23.3. The highest BCUT2D eigenvalue weighted by Gasteiger charge is 2.29. The summed E-state index contributed by atoms with van der Waals surface area (Å²) in [6, 6.07) is 5.67. The van der Waals surface area contributed by atoms with Gasteiger partial charge in [-0.25, -0.2) is 14.6 Å². The number of aryl methyl sites for hydroxylation is 1. The van der Waals surface area contributed by atoms with Gasteiger partial charge in [0.2, 0.25) is 5.95 Å². The average molecular weight is 311 g/mol. The molecule has 0 N–H and O–H groups in total. The van der Waals surface area contributed by atoms with Crippen LogP contribution in [0.3, 0.4) is 0 Å². The monoisotopic (exact) mass is 311 g/mol. The topological polar surface area (TPSA) is 63.9 Å². The fourth-order valence-corrected chi connectivity index (χ4v) is 3.25. The van der Waals surface area contributed by atoms with Gasteiger partial charge in [0.05, 0.1) is 18.3 Å². The van der Waals surface area contributed by atoms with E-state index in [0.717, 1.165) is 36.7 Å². The minimum absolute atomic E-state index is 0.0218. The third-order valence-electron chi connectivity index (χ3n) is 4.68. The molecule has 1 aliphatic carbocycles. The highest BCUT2D eigenvalue weighted by atomic mass is 16.1. The van der Waals surface area contributed by atoms with Crippen LogP contribution in [0.25, 0.3) is 0 Å². The maximum absolute atomic E-state index is 12.2. The summed E-state index contributed by atoms with van der Waals surface area (Å²) in [5.74, 6) is 1.32. The van der Waals surface area contributed by atoms with Crippen LogP contribution in [0.4, 0.5) is 5.95 Å². The maximum Gasteiger partial charge on any atom is 0.266 e. The molecule has 120 valence electrons. The number of anilines is 1. The SMILES string of the molecule is Cc1ccnc(N2CCCC2Cn2nc(C3CC3)ccc2=O)n1. The van der Waals surface area contributed by atoms with Crippen molar-refractivity contribution in [3.63, 3.8) is 0 Å². The van der Waals surface area contributed by atoms with Crippen LogP contribution >= 0.6 is 0 Å². The molecule has 2 aromatic rings. The lowest BCUT2D eigenvalue weighted by Gasteiger charge is -2.25. The predicted molar refractivity (Wildman–Crippen MR) is 87.6 cm³/mol. The van der Waals surface area contributed by atoms with Crippen LogP contribution in [0.2, 0.25) is 0 Å². The zero-order valence-corrected chi connectivity index (χ0v) is 13.4. The standard InChI is InChI=1S/C17H21N5O/c1-12-8-9-18-17(19-12)21-10-2-3-14(21)11-22-16(23)7-6-15(20-22)13-4-5-13/h6-9,13-14H,2-5,10-11H2,1H3. The van der Waals surface area contributed by atoms with Gasteiger partial charge in [-0.3, -0.25) is 4.79 Å². The normalized spacial score (nSPS) is 20.9. The molecule has 6 nitrogen and oxygen atoms in total. The molecule has 2 aliphatic rings. The zero-order chi connectivity index (χ0) is 15.8. The van der Waals surface area contributed by atoms with E-state index in [-0.39, 0.29) is 11.6 Å². The molecule has 0 amide bonds. The molecule has 1 unspecified atom stereocenters. The molecule has 0 bridgehead atoms. The van der Waals surface area contributed by atoms with Gasteiger partial charge in [-0.15, -0.1) is 0 Å². The first-order valence-corrected chi connectivity index (χ1v) is 8.35. The molecule has 2 fully saturated rings. The molecule has 0 aromatic carbocycles. The lowest BCUT2D eigenvalue weighted by molar-refractivity contribution is 0.479. The maximum atomic E-state index is 12.2. The molecule has 1 aliphatic heterocycles. The first kappa shape index (κ1) is 14.4. The van der Waals surface area contributed by atoms with Crippen LogP contribution in [0.5, 0.6) is 0 Å². The van der Waals surface area contributed by atoms with Gasteiger partial charge in [-0.1, -0.05) is 0 Å². The van der Waals surface area contributed by atoms with Crippen molar-refractivity contribution in [2.45, 2.75) is 51.1 Å². The predicted octanol–water partition coefficient (Wildman–Crippen LogP) is 1.89. The fourth-order valence-electron chi connectivity index (χ4n) is 3.25. The second-order valence-electron chi connectivity index (χ2n) is 6.54. The van der Waals surface area contributed by atoms with Gasteiger partial charge in [0.1, 0.15) is 0 Å². The Labute approximate surface area is 135 Å². The molecule has 1 atom stereocenters. The van der Waals surface area contributed by atoms with Crippen LogP contribution in [0.1, 0.15) is 43.0 Å². The van der Waals surface area contributed by atoms with E-state index in [2.05, 4.69) is 20.0 Å². The van der Waals surface area contributed by atoms with Gasteiger partial charge in [0.15, 0.2) is 0 Å². The second-order valence-corrected chi connectivity index (χ2v) is 6.54. The Kier molecular flexibility index (Phi) is 3.59. The molecule has 4 rings (SSSR count). The highest BCUT2D eigenvalue weighted by molar-refractivity contribution is 5.33. The number of hydrogen-bond donors (Lipinski definition) is 0. The molecular weight excluding hydrogens is 290 g/mol. The van der Waals surface area contributed by atoms with Gasteiger partial charge in [0, 0.05) is 30.4 Å². The van der Waals surface area contributed by atoms with Crippen LogP contribution in [0, 0.1) is 6.92 Å². The molecule has 6 heteroatoms. The van der Waals surface area contributed by atoms with E-state index in [4.69, 9.17) is 0 Å². The first-order valence-electron chi connectivity index (χ1n) is 8.35. The average Bonchev–Trinajstić information content (AvgIpc) is 3.29. The van der Waals surface area contributed by atoms with Crippen LogP contribution in [-0.2, 0) is 6.54 Å². The second kappa shape index (κ2) is 5.76. The van der Waals surface area contributed by atoms with Gasteiger partial charge < -0.3 is 4.90 Å². The van der Waals surface area contributed by atoms with Crippen molar-refractivity contribution < 1.29 is 0 Å². The molecule has 1 saturated heterocycles. The molecular formula is C17H21N5O. The van der Waals surface area contributed by atoms with E-state index >= 15 is 0 Å².